The number of ether oxygens (including phenoxy) is 2. The number of carbonyl (C=O) groups excluding carboxylic acids is 3. The van der Waals surface area contributed by atoms with E-state index >= 15 is 0 Å². The van der Waals surface area contributed by atoms with Crippen LogP contribution in [0.4, 0.5) is 13.2 Å². The largest absolute Gasteiger partial charge is 0.490 e. The van der Waals surface area contributed by atoms with Crippen LogP contribution in [0.1, 0.15) is 77.8 Å². The van der Waals surface area contributed by atoms with Crippen molar-refractivity contribution in [1.82, 2.24) is 5.32 Å². The van der Waals surface area contributed by atoms with Gasteiger partial charge in [0.1, 0.15) is 17.9 Å². The molecule has 2 atom stereocenters. The fourth-order valence-electron chi connectivity index (χ4n) is 3.17. The van der Waals surface area contributed by atoms with E-state index in [-0.39, 0.29) is 24.8 Å². The highest BCUT2D eigenvalue weighted by Gasteiger charge is 2.43. The first-order valence-electron chi connectivity index (χ1n) is 11.1. The molecule has 0 radical (unpaired) electrons. The molecule has 192 valence electrons. The lowest BCUT2D eigenvalue weighted by Crippen LogP contribution is -2.51. The number of para-hydroxylation sites is 1. The number of rotatable bonds is 10. The van der Waals surface area contributed by atoms with Gasteiger partial charge in [-0.25, -0.2) is 4.79 Å². The minimum absolute atomic E-state index is 0.00254. The molecule has 7 nitrogen and oxygen atoms in total. The predicted molar refractivity (Wildman–Crippen MR) is 121 cm³/mol. The molecule has 0 unspecified atom stereocenters. The second-order valence-electron chi connectivity index (χ2n) is 9.74. The predicted octanol–water partition coefficient (Wildman–Crippen LogP) is 4.19. The van der Waals surface area contributed by atoms with Crippen molar-refractivity contribution in [2.24, 2.45) is 11.1 Å². The van der Waals surface area contributed by atoms with Gasteiger partial charge in [0.25, 0.3) is 0 Å². The van der Waals surface area contributed by atoms with Crippen LogP contribution in [0.5, 0.6) is 5.75 Å². The number of nitrogens with two attached hydrogens (primary N) is 1. The van der Waals surface area contributed by atoms with Gasteiger partial charge in [-0.05, 0) is 35.3 Å². The van der Waals surface area contributed by atoms with Gasteiger partial charge in [-0.15, -0.1) is 0 Å². The van der Waals surface area contributed by atoms with Crippen molar-refractivity contribution in [2.75, 3.05) is 6.54 Å². The van der Waals surface area contributed by atoms with E-state index in [1.807, 2.05) is 45.9 Å². The molecule has 34 heavy (non-hydrogen) atoms. The summed E-state index contributed by atoms with van der Waals surface area (Å²) in [5.74, 6) is -2.89. The first-order valence-corrected chi connectivity index (χ1v) is 11.1. The molecule has 0 saturated heterocycles. The van der Waals surface area contributed by atoms with E-state index < -0.39 is 41.6 Å². The molecule has 0 aromatic heterocycles. The highest BCUT2D eigenvalue weighted by atomic mass is 19.4. The summed E-state index contributed by atoms with van der Waals surface area (Å²) in [6.45, 7) is 12.6. The number of carbonyl (C=O) groups is 3. The molecule has 0 spiro atoms. The van der Waals surface area contributed by atoms with Crippen LogP contribution in [0.25, 0.3) is 0 Å². The van der Waals surface area contributed by atoms with Crippen molar-refractivity contribution < 1.29 is 37.0 Å². The lowest BCUT2D eigenvalue weighted by molar-refractivity contribution is -0.204. The Kier molecular flexibility index (Phi) is 10.1. The molecule has 0 aliphatic rings. The van der Waals surface area contributed by atoms with Crippen molar-refractivity contribution in [3.05, 3.63) is 29.3 Å². The summed E-state index contributed by atoms with van der Waals surface area (Å²) in [5.41, 5.74) is 6.71. The zero-order valence-corrected chi connectivity index (χ0v) is 20.7. The average Bonchev–Trinajstić information content (AvgIpc) is 2.69. The minimum atomic E-state index is -5.18. The monoisotopic (exact) mass is 488 g/mol. The molecule has 1 aromatic carbocycles. The van der Waals surface area contributed by atoms with Crippen molar-refractivity contribution in [3.8, 4) is 5.75 Å². The number of nitrogens with one attached hydrogen (secondary N) is 1. The third kappa shape index (κ3) is 8.62. The zero-order chi connectivity index (χ0) is 26.4. The second kappa shape index (κ2) is 11.7. The molecule has 10 heteroatoms. The maximum absolute atomic E-state index is 12.8. The molecular formula is C24H35F3N2O5. The lowest BCUT2D eigenvalue weighted by atomic mass is 9.89. The van der Waals surface area contributed by atoms with Gasteiger partial charge in [-0.3, -0.25) is 9.59 Å². The molecule has 0 aliphatic heterocycles. The van der Waals surface area contributed by atoms with Crippen molar-refractivity contribution in [3.63, 3.8) is 0 Å². The normalized spacial score (nSPS) is 14.0. The first-order chi connectivity index (χ1) is 15.5. The Bertz CT molecular complexity index is 856. The number of esters is 2. The van der Waals surface area contributed by atoms with E-state index in [1.54, 1.807) is 13.8 Å². The smallest absolute Gasteiger partial charge is 0.454 e. The molecule has 1 aromatic rings. The quantitative estimate of drug-likeness (QED) is 0.378. The van der Waals surface area contributed by atoms with Crippen LogP contribution >= 0.6 is 0 Å². The van der Waals surface area contributed by atoms with Crippen LogP contribution in [0.2, 0.25) is 0 Å². The van der Waals surface area contributed by atoms with Gasteiger partial charge in [-0.2, -0.15) is 13.2 Å². The summed E-state index contributed by atoms with van der Waals surface area (Å²) < 4.78 is 47.0. The highest BCUT2D eigenvalue weighted by Crippen LogP contribution is 2.35. The molecule has 0 aliphatic carbocycles. The Hall–Kier alpha value is -2.62. The van der Waals surface area contributed by atoms with Gasteiger partial charge in [0.2, 0.25) is 5.91 Å². The van der Waals surface area contributed by atoms with Gasteiger partial charge in [-0.1, -0.05) is 59.7 Å². The summed E-state index contributed by atoms with van der Waals surface area (Å²) in [6.07, 6.45) is -6.72. The van der Waals surface area contributed by atoms with Gasteiger partial charge < -0.3 is 20.5 Å². The summed E-state index contributed by atoms with van der Waals surface area (Å²) in [6, 6.07) is 4.25. The van der Waals surface area contributed by atoms with Crippen molar-refractivity contribution >= 4 is 17.8 Å². The Morgan fingerprint density at radius 2 is 1.50 bits per heavy atom. The summed E-state index contributed by atoms with van der Waals surface area (Å²) in [5, 5.41) is 2.50. The van der Waals surface area contributed by atoms with E-state index in [4.69, 9.17) is 10.5 Å². The highest BCUT2D eigenvalue weighted by molar-refractivity contribution is 5.83. The average molecular weight is 489 g/mol. The van der Waals surface area contributed by atoms with E-state index in [2.05, 4.69) is 10.1 Å². The van der Waals surface area contributed by atoms with Crippen LogP contribution in [0, 0.1) is 5.41 Å². The SMILES string of the molecule is CC(C)c1cccc(C(C)C)c1OC(=O)CC(C)(C)CNC(=O)[C@@H](N)[C@@H](C)OC(=O)C(F)(F)F. The third-order valence-electron chi connectivity index (χ3n) is 5.23. The Labute approximate surface area is 198 Å². The molecule has 1 rings (SSSR count). The van der Waals surface area contributed by atoms with Gasteiger partial charge in [0.05, 0.1) is 6.42 Å². The molecule has 0 saturated carbocycles. The molecule has 0 fully saturated rings. The summed E-state index contributed by atoms with van der Waals surface area (Å²) in [4.78, 5) is 35.9. The Balaban J connectivity index is 2.77. The van der Waals surface area contributed by atoms with E-state index in [1.165, 1.54) is 0 Å². The fraction of sp³-hybridized carbons (Fsp3) is 0.625. The number of halogens is 3. The molecular weight excluding hydrogens is 453 g/mol. The van der Waals surface area contributed by atoms with Crippen LogP contribution < -0.4 is 15.8 Å². The first kappa shape index (κ1) is 29.4. The molecule has 3 N–H and O–H groups in total. The Morgan fingerprint density at radius 1 is 1.00 bits per heavy atom. The third-order valence-corrected chi connectivity index (χ3v) is 5.23. The Morgan fingerprint density at radius 3 is 1.94 bits per heavy atom. The van der Waals surface area contributed by atoms with E-state index in [9.17, 15) is 27.6 Å². The number of hydrogen-bond donors (Lipinski definition) is 2. The number of benzene rings is 1. The van der Waals surface area contributed by atoms with Crippen LogP contribution in [0.15, 0.2) is 18.2 Å². The fourth-order valence-corrected chi connectivity index (χ4v) is 3.17. The minimum Gasteiger partial charge on any atom is -0.454 e. The van der Waals surface area contributed by atoms with Crippen molar-refractivity contribution in [2.45, 2.75) is 85.0 Å². The summed E-state index contributed by atoms with van der Waals surface area (Å²) >= 11 is 0. The van der Waals surface area contributed by atoms with Gasteiger partial charge in [0, 0.05) is 6.54 Å². The number of alkyl halides is 3. The van der Waals surface area contributed by atoms with Crippen LogP contribution in [-0.4, -0.2) is 42.7 Å². The van der Waals surface area contributed by atoms with Gasteiger partial charge in [0.15, 0.2) is 0 Å². The van der Waals surface area contributed by atoms with Crippen LogP contribution in [0.3, 0.4) is 0 Å². The van der Waals surface area contributed by atoms with Crippen LogP contribution in [-0.2, 0) is 19.1 Å². The standard InChI is InChI=1S/C24H35F3N2O5/c1-13(2)16-9-8-10-17(14(3)4)20(16)34-18(30)11-23(6,7)12-29-21(31)19(28)15(5)33-22(32)24(25,26)27/h8-10,13-15,19H,11-12,28H2,1-7H3,(H,29,31)/t15-,19+/m1/s1. The molecule has 1 amide bonds. The topological polar surface area (TPSA) is 108 Å². The number of amides is 1. The maximum Gasteiger partial charge on any atom is 0.490 e. The van der Waals surface area contributed by atoms with Gasteiger partial charge >= 0.3 is 18.1 Å². The maximum atomic E-state index is 12.8. The second-order valence-corrected chi connectivity index (χ2v) is 9.74. The lowest BCUT2D eigenvalue weighted by Gasteiger charge is -2.27. The van der Waals surface area contributed by atoms with Crippen molar-refractivity contribution in [1.29, 1.82) is 0 Å². The summed E-state index contributed by atoms with van der Waals surface area (Å²) in [7, 11) is 0. The molecule has 0 bridgehead atoms. The zero-order valence-electron chi connectivity index (χ0n) is 20.7. The molecule has 0 heterocycles. The van der Waals surface area contributed by atoms with E-state index in [0.717, 1.165) is 18.1 Å². The van der Waals surface area contributed by atoms with E-state index in [0.29, 0.717) is 5.75 Å². The number of hydrogen-bond acceptors (Lipinski definition) is 6.